The van der Waals surface area contributed by atoms with Crippen molar-refractivity contribution in [2.45, 2.75) is 38.4 Å². The Morgan fingerprint density at radius 3 is 2.68 bits per heavy atom. The molecule has 2 unspecified atom stereocenters. The lowest BCUT2D eigenvalue weighted by molar-refractivity contribution is -0.107. The first kappa shape index (κ1) is 21.5. The molecule has 1 aliphatic heterocycles. The van der Waals surface area contributed by atoms with Crippen molar-refractivity contribution < 1.29 is 14.3 Å². The van der Waals surface area contributed by atoms with Gasteiger partial charge in [-0.05, 0) is 36.3 Å². The Morgan fingerprint density at radius 2 is 2.03 bits per heavy atom. The Labute approximate surface area is 183 Å². The summed E-state index contributed by atoms with van der Waals surface area (Å²) in [5.74, 6) is 1.39. The lowest BCUT2D eigenvalue weighted by atomic mass is 10.1. The number of hydrogen-bond acceptors (Lipinski definition) is 7. The molecule has 1 amide bonds. The van der Waals surface area contributed by atoms with E-state index in [0.29, 0.717) is 31.3 Å². The summed E-state index contributed by atoms with van der Waals surface area (Å²) in [4.78, 5) is 24.7. The molecule has 8 nitrogen and oxygen atoms in total. The maximum Gasteiger partial charge on any atom is 0.318 e. The smallest absolute Gasteiger partial charge is 0.318 e. The fourth-order valence-electron chi connectivity index (χ4n) is 4.60. The average Bonchev–Trinajstić information content (AvgIpc) is 3.42. The lowest BCUT2D eigenvalue weighted by Gasteiger charge is -2.26. The second-order valence-corrected chi connectivity index (χ2v) is 8.29. The molecule has 4 rings (SSSR count). The van der Waals surface area contributed by atoms with Crippen molar-refractivity contribution in [1.82, 2.24) is 14.9 Å². The molecule has 2 fully saturated rings. The standard InChI is InChI=1S/C23H31N5O3/c1-24-21-12-25-23(31-10-9-30-2)26-22(21)28(16-29)14-18-5-3-17(4-6-18)13-27-15-19-7-8-20(27)11-19/h3-6,12,16,19-20,24H,7-11,13-15H2,1-2H3. The molecule has 1 aromatic carbocycles. The van der Waals surface area contributed by atoms with Crippen LogP contribution in [-0.2, 0) is 22.6 Å². The quantitative estimate of drug-likeness (QED) is 0.438. The molecular weight excluding hydrogens is 394 g/mol. The molecule has 2 aromatic rings. The molecule has 1 saturated carbocycles. The average molecular weight is 426 g/mol. The van der Waals surface area contributed by atoms with Gasteiger partial charge in [0.05, 0.1) is 25.0 Å². The number of nitrogens with one attached hydrogen (secondary N) is 1. The molecule has 1 aliphatic carbocycles. The summed E-state index contributed by atoms with van der Waals surface area (Å²) in [6.07, 6.45) is 6.53. The highest BCUT2D eigenvalue weighted by atomic mass is 16.5. The maximum atomic E-state index is 11.9. The number of hydrogen-bond donors (Lipinski definition) is 1. The number of methoxy groups -OCH3 is 1. The molecule has 1 aromatic heterocycles. The molecule has 2 bridgehead atoms. The third-order valence-corrected chi connectivity index (χ3v) is 6.22. The van der Waals surface area contributed by atoms with E-state index in [2.05, 4.69) is 44.5 Å². The fourth-order valence-corrected chi connectivity index (χ4v) is 4.60. The molecule has 166 valence electrons. The number of carbonyl (C=O) groups is 1. The van der Waals surface area contributed by atoms with Gasteiger partial charge in [0.1, 0.15) is 6.61 Å². The van der Waals surface area contributed by atoms with Crippen LogP contribution in [0.3, 0.4) is 0 Å². The molecule has 0 spiro atoms. The molecule has 8 heteroatoms. The number of anilines is 2. The summed E-state index contributed by atoms with van der Waals surface area (Å²) in [7, 11) is 3.38. The minimum atomic E-state index is 0.216. The number of aromatic nitrogens is 2. The number of ether oxygens (including phenoxy) is 2. The number of likely N-dealkylation sites (tertiary alicyclic amines) is 1. The molecule has 1 N–H and O–H groups in total. The summed E-state index contributed by atoms with van der Waals surface area (Å²) in [5.41, 5.74) is 3.02. The third-order valence-electron chi connectivity index (χ3n) is 6.22. The van der Waals surface area contributed by atoms with E-state index in [-0.39, 0.29) is 6.01 Å². The number of rotatable bonds is 11. The van der Waals surface area contributed by atoms with Gasteiger partial charge in [0.2, 0.25) is 6.41 Å². The van der Waals surface area contributed by atoms with Crippen LogP contribution in [0.1, 0.15) is 30.4 Å². The van der Waals surface area contributed by atoms with Crippen LogP contribution in [0, 0.1) is 5.92 Å². The highest BCUT2D eigenvalue weighted by molar-refractivity contribution is 5.80. The first-order chi connectivity index (χ1) is 15.2. The zero-order valence-electron chi connectivity index (χ0n) is 18.3. The van der Waals surface area contributed by atoms with Gasteiger partial charge in [0.25, 0.3) is 0 Å². The largest absolute Gasteiger partial charge is 0.461 e. The predicted molar refractivity (Wildman–Crippen MR) is 119 cm³/mol. The van der Waals surface area contributed by atoms with Crippen LogP contribution in [0.2, 0.25) is 0 Å². The van der Waals surface area contributed by atoms with E-state index < -0.39 is 0 Å². The molecule has 2 heterocycles. The van der Waals surface area contributed by atoms with Gasteiger partial charge in [-0.3, -0.25) is 14.6 Å². The Morgan fingerprint density at radius 1 is 1.23 bits per heavy atom. The van der Waals surface area contributed by atoms with Crippen LogP contribution in [0.25, 0.3) is 0 Å². The van der Waals surface area contributed by atoms with Gasteiger partial charge in [0.15, 0.2) is 5.82 Å². The van der Waals surface area contributed by atoms with E-state index in [4.69, 9.17) is 9.47 Å². The molecular formula is C23H31N5O3. The zero-order chi connectivity index (χ0) is 21.6. The van der Waals surface area contributed by atoms with E-state index in [1.807, 2.05) is 0 Å². The van der Waals surface area contributed by atoms with Crippen molar-refractivity contribution in [2.75, 3.05) is 44.1 Å². The van der Waals surface area contributed by atoms with E-state index in [1.165, 1.54) is 31.4 Å². The predicted octanol–water partition coefficient (Wildman–Crippen LogP) is 2.69. The van der Waals surface area contributed by atoms with Gasteiger partial charge in [0, 0.05) is 33.3 Å². The zero-order valence-corrected chi connectivity index (χ0v) is 18.3. The molecule has 0 radical (unpaired) electrons. The number of nitrogens with zero attached hydrogens (tertiary/aromatic N) is 4. The van der Waals surface area contributed by atoms with Gasteiger partial charge in [-0.25, -0.2) is 4.98 Å². The van der Waals surface area contributed by atoms with Crippen LogP contribution < -0.4 is 15.0 Å². The number of carbonyl (C=O) groups excluding carboxylic acids is 1. The molecule has 2 aliphatic rings. The second-order valence-electron chi connectivity index (χ2n) is 8.29. The normalized spacial score (nSPS) is 20.1. The molecule has 2 atom stereocenters. The van der Waals surface area contributed by atoms with E-state index in [1.54, 1.807) is 25.3 Å². The van der Waals surface area contributed by atoms with Gasteiger partial charge in [-0.1, -0.05) is 24.3 Å². The summed E-state index contributed by atoms with van der Waals surface area (Å²) in [5, 5.41) is 3.04. The lowest BCUT2D eigenvalue weighted by Crippen LogP contribution is -2.31. The first-order valence-electron chi connectivity index (χ1n) is 10.9. The number of piperidine rings is 1. The van der Waals surface area contributed by atoms with Gasteiger partial charge in [-0.2, -0.15) is 4.98 Å². The summed E-state index contributed by atoms with van der Waals surface area (Å²) < 4.78 is 10.5. The van der Waals surface area contributed by atoms with Crippen molar-refractivity contribution in [2.24, 2.45) is 5.92 Å². The minimum Gasteiger partial charge on any atom is -0.461 e. The van der Waals surface area contributed by atoms with Crippen LogP contribution in [-0.4, -0.2) is 61.2 Å². The Kier molecular flexibility index (Phi) is 6.99. The van der Waals surface area contributed by atoms with E-state index in [0.717, 1.165) is 30.5 Å². The van der Waals surface area contributed by atoms with Crippen molar-refractivity contribution in [3.8, 4) is 6.01 Å². The molecule has 31 heavy (non-hydrogen) atoms. The monoisotopic (exact) mass is 425 g/mol. The van der Waals surface area contributed by atoms with Crippen LogP contribution in [0.5, 0.6) is 6.01 Å². The third kappa shape index (κ3) is 5.14. The summed E-state index contributed by atoms with van der Waals surface area (Å²) in [6.45, 7) is 3.45. The minimum absolute atomic E-state index is 0.216. The summed E-state index contributed by atoms with van der Waals surface area (Å²) >= 11 is 0. The van der Waals surface area contributed by atoms with Crippen molar-refractivity contribution in [3.05, 3.63) is 41.6 Å². The number of amides is 1. The highest BCUT2D eigenvalue weighted by Crippen LogP contribution is 2.38. The molecule has 1 saturated heterocycles. The van der Waals surface area contributed by atoms with E-state index >= 15 is 0 Å². The number of fused-ring (bicyclic) bond motifs is 2. The fraction of sp³-hybridized carbons (Fsp3) is 0.522. The van der Waals surface area contributed by atoms with Crippen molar-refractivity contribution in [1.29, 1.82) is 0 Å². The van der Waals surface area contributed by atoms with Crippen LogP contribution in [0.15, 0.2) is 30.5 Å². The van der Waals surface area contributed by atoms with Crippen molar-refractivity contribution in [3.63, 3.8) is 0 Å². The number of benzene rings is 1. The van der Waals surface area contributed by atoms with Crippen molar-refractivity contribution >= 4 is 17.9 Å². The van der Waals surface area contributed by atoms with Gasteiger partial charge in [-0.15, -0.1) is 0 Å². The first-order valence-corrected chi connectivity index (χ1v) is 10.9. The highest BCUT2D eigenvalue weighted by Gasteiger charge is 2.37. The van der Waals surface area contributed by atoms with Gasteiger partial charge >= 0.3 is 6.01 Å². The maximum absolute atomic E-state index is 11.9. The van der Waals surface area contributed by atoms with Crippen LogP contribution >= 0.6 is 0 Å². The Hall–Kier alpha value is -2.71. The van der Waals surface area contributed by atoms with Gasteiger partial charge < -0.3 is 14.8 Å². The second kappa shape index (κ2) is 10.1. The SMILES string of the molecule is CNc1cnc(OCCOC)nc1N(C=O)Cc1ccc(CN2CC3CCC2C3)cc1. The van der Waals surface area contributed by atoms with Crippen LogP contribution in [0.4, 0.5) is 11.5 Å². The van der Waals surface area contributed by atoms with E-state index in [9.17, 15) is 4.79 Å². The Balaban J connectivity index is 1.42. The Bertz CT molecular complexity index is 876. The topological polar surface area (TPSA) is 79.8 Å². The summed E-state index contributed by atoms with van der Waals surface area (Å²) in [6, 6.07) is 9.51.